The average Bonchev–Trinajstić information content (AvgIpc) is 2.90. The van der Waals surface area contributed by atoms with E-state index in [9.17, 15) is 27.2 Å². The van der Waals surface area contributed by atoms with E-state index in [4.69, 9.17) is 15.0 Å². The Labute approximate surface area is 254 Å². The van der Waals surface area contributed by atoms with Gasteiger partial charge in [-0.2, -0.15) is 0 Å². The molecule has 0 saturated heterocycles. The van der Waals surface area contributed by atoms with Crippen molar-refractivity contribution >= 4 is 33.6 Å². The van der Waals surface area contributed by atoms with Crippen LogP contribution in [0.15, 0.2) is 5.11 Å². The molecule has 3 unspecified atom stereocenters. The minimum absolute atomic E-state index is 0.136. The summed E-state index contributed by atoms with van der Waals surface area (Å²) >= 11 is 3.57. The maximum absolute atomic E-state index is 14.0. The number of alkyl halides is 1. The number of azide groups is 1. The lowest BCUT2D eigenvalue weighted by molar-refractivity contribution is -0.155. The number of carbonyl (C=O) groups is 2. The lowest BCUT2D eigenvalue weighted by Crippen LogP contribution is -2.29. The number of hydrogen-bond donors (Lipinski definition) is 0. The Balaban J connectivity index is 2.19. The van der Waals surface area contributed by atoms with Crippen LogP contribution in [-0.4, -0.2) is 30.0 Å². The number of esters is 2. The van der Waals surface area contributed by atoms with E-state index in [1.54, 1.807) is 0 Å². The van der Waals surface area contributed by atoms with Gasteiger partial charge in [-0.05, 0) is 63.3 Å². The van der Waals surface area contributed by atoms with Crippen molar-refractivity contribution in [1.82, 2.24) is 0 Å². The van der Waals surface area contributed by atoms with E-state index in [2.05, 4.69) is 46.7 Å². The number of benzene rings is 1. The topological polar surface area (TPSA) is 101 Å². The van der Waals surface area contributed by atoms with E-state index in [0.29, 0.717) is 36.1 Å². The third-order valence-corrected chi connectivity index (χ3v) is 7.50. The van der Waals surface area contributed by atoms with Crippen LogP contribution in [0.3, 0.4) is 0 Å². The molecule has 0 aromatic heterocycles. The molecule has 0 radical (unpaired) electrons. The quantitative estimate of drug-likeness (QED) is 0.0202. The lowest BCUT2D eigenvalue weighted by atomic mass is 9.82. The summed E-state index contributed by atoms with van der Waals surface area (Å²) in [7, 11) is 0. The van der Waals surface area contributed by atoms with Crippen LogP contribution in [0.25, 0.3) is 10.4 Å². The standard InChI is InChI=1S/C30H44BrF4N3O4/c1-19(13-9-7-6-8-11-16-42-29(40)30(4,5)18-20(2)17-21(3)31)14-10-12-15-41-28(39)22-23(32)25(34)27(37-38-36)26(35)24(22)33/h19-21H,6-18H2,1-5H3. The minimum Gasteiger partial charge on any atom is -0.465 e. The Kier molecular flexibility index (Phi) is 17.1. The smallest absolute Gasteiger partial charge is 0.344 e. The van der Waals surface area contributed by atoms with E-state index in [0.717, 1.165) is 57.8 Å². The molecule has 1 aromatic carbocycles. The van der Waals surface area contributed by atoms with Crippen LogP contribution >= 0.6 is 15.9 Å². The molecule has 0 fully saturated rings. The summed E-state index contributed by atoms with van der Waals surface area (Å²) in [6.45, 7) is 10.6. The van der Waals surface area contributed by atoms with Crippen molar-refractivity contribution in [2.75, 3.05) is 13.2 Å². The highest BCUT2D eigenvalue weighted by Crippen LogP contribution is 2.32. The lowest BCUT2D eigenvalue weighted by Gasteiger charge is -2.26. The van der Waals surface area contributed by atoms with E-state index >= 15 is 0 Å². The predicted octanol–water partition coefficient (Wildman–Crippen LogP) is 10.3. The molecule has 1 rings (SSSR count). The number of unbranched alkanes of at least 4 members (excludes halogenated alkanes) is 5. The second-order valence-corrected chi connectivity index (χ2v) is 13.4. The van der Waals surface area contributed by atoms with E-state index in [1.165, 1.54) is 0 Å². The van der Waals surface area contributed by atoms with Crippen LogP contribution in [-0.2, 0) is 14.3 Å². The minimum atomic E-state index is -1.97. The van der Waals surface area contributed by atoms with Crippen molar-refractivity contribution in [2.24, 2.45) is 22.4 Å². The second-order valence-electron chi connectivity index (χ2n) is 11.8. The van der Waals surface area contributed by atoms with Gasteiger partial charge in [-0.1, -0.05) is 80.3 Å². The first-order valence-corrected chi connectivity index (χ1v) is 15.5. The molecule has 42 heavy (non-hydrogen) atoms. The average molecular weight is 667 g/mol. The fraction of sp³-hybridized carbons (Fsp3) is 0.733. The van der Waals surface area contributed by atoms with Crippen molar-refractivity contribution in [3.8, 4) is 0 Å². The van der Waals surface area contributed by atoms with E-state index in [1.807, 2.05) is 13.8 Å². The van der Waals surface area contributed by atoms with Gasteiger partial charge in [0.05, 0.1) is 18.6 Å². The Morgan fingerprint density at radius 1 is 0.833 bits per heavy atom. The monoisotopic (exact) mass is 665 g/mol. The van der Waals surface area contributed by atoms with Gasteiger partial charge in [-0.3, -0.25) is 4.79 Å². The van der Waals surface area contributed by atoms with Crippen molar-refractivity contribution in [3.63, 3.8) is 0 Å². The van der Waals surface area contributed by atoms with Crippen LogP contribution in [0.4, 0.5) is 23.2 Å². The SMILES string of the molecule is CC(Br)CC(C)CC(C)(C)C(=O)OCCCCCCCC(C)CCCCOC(=O)c1c(F)c(F)c(N=[N+]=[N-])c(F)c1F. The first-order valence-electron chi connectivity index (χ1n) is 14.6. The molecule has 12 heteroatoms. The van der Waals surface area contributed by atoms with Crippen molar-refractivity contribution in [3.05, 3.63) is 39.3 Å². The highest BCUT2D eigenvalue weighted by molar-refractivity contribution is 9.09. The predicted molar refractivity (Wildman–Crippen MR) is 158 cm³/mol. The van der Waals surface area contributed by atoms with Gasteiger partial charge in [0.2, 0.25) is 0 Å². The highest BCUT2D eigenvalue weighted by Gasteiger charge is 2.32. The molecule has 0 aliphatic rings. The van der Waals surface area contributed by atoms with Gasteiger partial charge in [0.15, 0.2) is 23.3 Å². The van der Waals surface area contributed by atoms with Gasteiger partial charge in [-0.15, -0.1) is 0 Å². The highest BCUT2D eigenvalue weighted by atomic mass is 79.9. The number of hydrogen-bond acceptors (Lipinski definition) is 5. The van der Waals surface area contributed by atoms with Crippen LogP contribution < -0.4 is 0 Å². The van der Waals surface area contributed by atoms with Crippen molar-refractivity contribution in [2.45, 2.75) is 110 Å². The fourth-order valence-electron chi connectivity index (χ4n) is 4.99. The van der Waals surface area contributed by atoms with Crippen LogP contribution in [0, 0.1) is 40.5 Å². The molecule has 0 aliphatic heterocycles. The summed E-state index contributed by atoms with van der Waals surface area (Å²) in [4.78, 5) is 27.0. The number of carbonyl (C=O) groups excluding carboxylic acids is 2. The molecule has 7 nitrogen and oxygen atoms in total. The molecule has 0 saturated carbocycles. The van der Waals surface area contributed by atoms with Crippen molar-refractivity contribution < 1.29 is 36.6 Å². The zero-order chi connectivity index (χ0) is 31.9. The molecule has 0 heterocycles. The number of halogens is 5. The van der Waals surface area contributed by atoms with Crippen molar-refractivity contribution in [1.29, 1.82) is 0 Å². The number of rotatable bonds is 20. The Bertz CT molecular complexity index is 1050. The first kappa shape index (κ1) is 37.7. The summed E-state index contributed by atoms with van der Waals surface area (Å²) < 4.78 is 66.1. The molecule has 0 N–H and O–H groups in total. The second kappa shape index (κ2) is 19.1. The molecular weight excluding hydrogens is 622 g/mol. The largest absolute Gasteiger partial charge is 0.465 e. The first-order chi connectivity index (χ1) is 19.7. The van der Waals surface area contributed by atoms with Gasteiger partial charge in [0, 0.05) is 9.74 Å². The summed E-state index contributed by atoms with van der Waals surface area (Å²) in [5.74, 6) is -8.67. The Morgan fingerprint density at radius 2 is 1.33 bits per heavy atom. The molecule has 3 atom stereocenters. The maximum atomic E-state index is 14.0. The molecule has 238 valence electrons. The summed E-state index contributed by atoms with van der Waals surface area (Å²) in [6.07, 6.45) is 9.86. The van der Waals surface area contributed by atoms with Gasteiger partial charge < -0.3 is 9.47 Å². The fourth-order valence-corrected chi connectivity index (χ4v) is 5.62. The molecular formula is C30H44BrF4N3O4. The normalized spacial score (nSPS) is 13.7. The van der Waals surface area contributed by atoms with Crippen LogP contribution in [0.2, 0.25) is 0 Å². The molecule has 1 aromatic rings. The summed E-state index contributed by atoms with van der Waals surface area (Å²) in [5, 5.41) is 2.58. The van der Waals surface area contributed by atoms with Gasteiger partial charge in [0.25, 0.3) is 0 Å². The van der Waals surface area contributed by atoms with Gasteiger partial charge >= 0.3 is 11.9 Å². The van der Waals surface area contributed by atoms with E-state index in [-0.39, 0.29) is 12.6 Å². The number of nitrogens with zero attached hydrogens (tertiary/aromatic N) is 3. The van der Waals surface area contributed by atoms with Gasteiger partial charge in [-0.25, -0.2) is 22.4 Å². The molecule has 0 spiro atoms. The summed E-state index contributed by atoms with van der Waals surface area (Å²) in [6, 6.07) is 0. The van der Waals surface area contributed by atoms with Crippen LogP contribution in [0.1, 0.15) is 116 Å². The molecule has 0 amide bonds. The van der Waals surface area contributed by atoms with E-state index < -0.39 is 45.9 Å². The Hall–Kier alpha value is -2.33. The van der Waals surface area contributed by atoms with Crippen LogP contribution in [0.5, 0.6) is 0 Å². The Morgan fingerprint density at radius 3 is 1.90 bits per heavy atom. The third kappa shape index (κ3) is 12.9. The third-order valence-electron chi connectivity index (χ3n) is 7.13. The number of ether oxygens (including phenoxy) is 2. The zero-order valence-electron chi connectivity index (χ0n) is 25.3. The molecule has 0 aliphatic carbocycles. The zero-order valence-corrected chi connectivity index (χ0v) is 26.9. The van der Waals surface area contributed by atoms with Gasteiger partial charge in [0.1, 0.15) is 11.3 Å². The molecule has 0 bridgehead atoms. The maximum Gasteiger partial charge on any atom is 0.344 e. The summed E-state index contributed by atoms with van der Waals surface area (Å²) in [5.41, 5.74) is 4.80.